The fourth-order valence-corrected chi connectivity index (χ4v) is 2.77. The van der Waals surface area contributed by atoms with Crippen LogP contribution in [0.1, 0.15) is 36.2 Å². The highest BCUT2D eigenvalue weighted by atomic mass is 35.5. The van der Waals surface area contributed by atoms with Crippen LogP contribution in [0, 0.1) is 6.92 Å². The van der Waals surface area contributed by atoms with Crippen molar-refractivity contribution < 1.29 is 4.74 Å². The molecule has 0 saturated heterocycles. The molecular weight excluding hydrogens is 286 g/mol. The van der Waals surface area contributed by atoms with Gasteiger partial charge in [0.2, 0.25) is 0 Å². The monoisotopic (exact) mass is 307 g/mol. The van der Waals surface area contributed by atoms with E-state index in [0.717, 1.165) is 40.6 Å². The third kappa shape index (κ3) is 3.06. The van der Waals surface area contributed by atoms with Gasteiger partial charge in [0.05, 0.1) is 19.3 Å². The molecule has 1 atom stereocenters. The molecule has 1 aromatic heterocycles. The van der Waals surface area contributed by atoms with Gasteiger partial charge in [-0.1, -0.05) is 30.7 Å². The van der Waals surface area contributed by atoms with Crippen molar-refractivity contribution in [2.24, 2.45) is 0 Å². The molecule has 1 unspecified atom stereocenters. The third-order valence-corrected chi connectivity index (χ3v) is 4.09. The number of aryl methyl sites for hydroxylation is 1. The highest BCUT2D eigenvalue weighted by molar-refractivity contribution is 6.31. The number of nitrogens with zero attached hydrogens (tertiary/aromatic N) is 2. The Morgan fingerprint density at radius 2 is 2.19 bits per heavy atom. The van der Waals surface area contributed by atoms with Gasteiger partial charge in [-0.15, -0.1) is 0 Å². The van der Waals surface area contributed by atoms with E-state index in [1.54, 1.807) is 13.3 Å². The summed E-state index contributed by atoms with van der Waals surface area (Å²) in [5.41, 5.74) is 3.25. The molecule has 0 aliphatic rings. The molecule has 0 aliphatic heterocycles. The van der Waals surface area contributed by atoms with Crippen LogP contribution in [0.15, 0.2) is 24.4 Å². The molecule has 0 spiro atoms. The molecule has 2 aromatic rings. The zero-order chi connectivity index (χ0) is 15.4. The Labute approximate surface area is 131 Å². The van der Waals surface area contributed by atoms with Crippen molar-refractivity contribution in [3.8, 4) is 5.75 Å². The maximum atomic E-state index is 6.27. The number of halogens is 1. The average Bonchev–Trinajstić information content (AvgIpc) is 2.88. The fourth-order valence-electron chi connectivity index (χ4n) is 2.59. The number of methoxy groups -OCH3 is 1. The lowest BCUT2D eigenvalue weighted by atomic mass is 9.98. The molecule has 4 nitrogen and oxygen atoms in total. The van der Waals surface area contributed by atoms with Crippen LogP contribution in [-0.4, -0.2) is 23.9 Å². The van der Waals surface area contributed by atoms with Crippen molar-refractivity contribution in [1.82, 2.24) is 15.1 Å². The van der Waals surface area contributed by atoms with Crippen molar-refractivity contribution in [3.05, 3.63) is 46.2 Å². The first-order chi connectivity index (χ1) is 10.1. The molecule has 0 radical (unpaired) electrons. The molecule has 1 heterocycles. The number of hydrogen-bond donors (Lipinski definition) is 1. The molecule has 0 fully saturated rings. The zero-order valence-corrected chi connectivity index (χ0v) is 13.7. The topological polar surface area (TPSA) is 39.1 Å². The molecular formula is C16H22ClN3O. The van der Waals surface area contributed by atoms with Gasteiger partial charge in [-0.05, 0) is 37.6 Å². The molecule has 5 heteroatoms. The summed E-state index contributed by atoms with van der Waals surface area (Å²) in [5, 5.41) is 8.58. The first-order valence-electron chi connectivity index (χ1n) is 7.16. The Kier molecular flexibility index (Phi) is 5.26. The van der Waals surface area contributed by atoms with Crippen molar-refractivity contribution in [2.75, 3.05) is 14.2 Å². The van der Waals surface area contributed by atoms with Crippen LogP contribution in [0.3, 0.4) is 0 Å². The molecule has 1 N–H and O–H groups in total. The van der Waals surface area contributed by atoms with Gasteiger partial charge < -0.3 is 10.1 Å². The van der Waals surface area contributed by atoms with Crippen LogP contribution < -0.4 is 10.1 Å². The van der Waals surface area contributed by atoms with Crippen LogP contribution in [0.2, 0.25) is 5.02 Å². The van der Waals surface area contributed by atoms with Crippen LogP contribution >= 0.6 is 11.6 Å². The van der Waals surface area contributed by atoms with Crippen molar-refractivity contribution in [2.45, 2.75) is 32.9 Å². The van der Waals surface area contributed by atoms with Gasteiger partial charge >= 0.3 is 0 Å². The van der Waals surface area contributed by atoms with Gasteiger partial charge in [-0.2, -0.15) is 5.10 Å². The predicted molar refractivity (Wildman–Crippen MR) is 86.2 cm³/mol. The van der Waals surface area contributed by atoms with E-state index in [-0.39, 0.29) is 6.04 Å². The molecule has 1 aromatic carbocycles. The number of benzene rings is 1. The molecule has 21 heavy (non-hydrogen) atoms. The molecule has 0 saturated carbocycles. The van der Waals surface area contributed by atoms with E-state index in [0.29, 0.717) is 0 Å². The Balaban J connectivity index is 2.55. The summed E-state index contributed by atoms with van der Waals surface area (Å²) in [4.78, 5) is 0. The second kappa shape index (κ2) is 6.96. The first-order valence-corrected chi connectivity index (χ1v) is 7.53. The lowest BCUT2D eigenvalue weighted by molar-refractivity contribution is 0.400. The van der Waals surface area contributed by atoms with Crippen molar-refractivity contribution >= 4 is 11.6 Å². The lowest BCUT2D eigenvalue weighted by Crippen LogP contribution is -2.23. The summed E-state index contributed by atoms with van der Waals surface area (Å²) >= 11 is 6.27. The van der Waals surface area contributed by atoms with Crippen LogP contribution in [-0.2, 0) is 6.54 Å². The second-order valence-corrected chi connectivity index (χ2v) is 5.40. The van der Waals surface area contributed by atoms with Crippen molar-refractivity contribution in [1.29, 1.82) is 0 Å². The van der Waals surface area contributed by atoms with E-state index in [9.17, 15) is 0 Å². The van der Waals surface area contributed by atoms with Gasteiger partial charge in [0.1, 0.15) is 5.69 Å². The van der Waals surface area contributed by atoms with E-state index in [4.69, 9.17) is 16.3 Å². The first kappa shape index (κ1) is 15.9. The standard InChI is InChI=1S/C16H22ClN3O/c1-5-9-20-16(14(21-4)10-19-20)15(18-3)12-7-6-8-13(17)11(12)2/h6-8,10,15,18H,5,9H2,1-4H3. The zero-order valence-electron chi connectivity index (χ0n) is 13.0. The van der Waals surface area contributed by atoms with Crippen LogP contribution in [0.25, 0.3) is 0 Å². The van der Waals surface area contributed by atoms with Gasteiger partial charge in [0.15, 0.2) is 5.75 Å². The lowest BCUT2D eigenvalue weighted by Gasteiger charge is -2.22. The van der Waals surface area contributed by atoms with E-state index < -0.39 is 0 Å². The number of ether oxygens (including phenoxy) is 1. The van der Waals surface area contributed by atoms with Gasteiger partial charge in [-0.3, -0.25) is 4.68 Å². The van der Waals surface area contributed by atoms with Gasteiger partial charge in [0, 0.05) is 11.6 Å². The molecule has 114 valence electrons. The molecule has 2 rings (SSSR count). The molecule has 0 aliphatic carbocycles. The Hall–Kier alpha value is -1.52. The Bertz CT molecular complexity index is 610. The van der Waals surface area contributed by atoms with E-state index in [1.165, 1.54) is 0 Å². The number of nitrogens with one attached hydrogen (secondary N) is 1. The Morgan fingerprint density at radius 1 is 1.43 bits per heavy atom. The maximum Gasteiger partial charge on any atom is 0.161 e. The summed E-state index contributed by atoms with van der Waals surface area (Å²) in [6, 6.07) is 5.97. The quantitative estimate of drug-likeness (QED) is 0.886. The van der Waals surface area contributed by atoms with E-state index in [1.807, 2.05) is 30.8 Å². The SMILES string of the molecule is CCCn1ncc(OC)c1C(NC)c1cccc(Cl)c1C. The summed E-state index contributed by atoms with van der Waals surface area (Å²) in [7, 11) is 3.61. The normalized spacial score (nSPS) is 12.4. The number of rotatable bonds is 6. The smallest absolute Gasteiger partial charge is 0.161 e. The molecule has 0 bridgehead atoms. The summed E-state index contributed by atoms with van der Waals surface area (Å²) in [6.07, 6.45) is 2.79. The van der Waals surface area contributed by atoms with Gasteiger partial charge in [0.25, 0.3) is 0 Å². The Morgan fingerprint density at radius 3 is 2.81 bits per heavy atom. The highest BCUT2D eigenvalue weighted by Crippen LogP contribution is 2.33. The summed E-state index contributed by atoms with van der Waals surface area (Å²) < 4.78 is 7.49. The van der Waals surface area contributed by atoms with Crippen LogP contribution in [0.5, 0.6) is 5.75 Å². The average molecular weight is 308 g/mol. The second-order valence-electron chi connectivity index (χ2n) is 5.00. The van der Waals surface area contributed by atoms with Gasteiger partial charge in [-0.25, -0.2) is 0 Å². The third-order valence-electron chi connectivity index (χ3n) is 3.68. The summed E-state index contributed by atoms with van der Waals surface area (Å²) in [5.74, 6) is 0.794. The minimum absolute atomic E-state index is 0.00676. The number of hydrogen-bond acceptors (Lipinski definition) is 3. The minimum Gasteiger partial charge on any atom is -0.493 e. The van der Waals surface area contributed by atoms with E-state index in [2.05, 4.69) is 23.4 Å². The number of aromatic nitrogens is 2. The van der Waals surface area contributed by atoms with Crippen LogP contribution in [0.4, 0.5) is 0 Å². The minimum atomic E-state index is -0.00676. The maximum absolute atomic E-state index is 6.27. The van der Waals surface area contributed by atoms with E-state index >= 15 is 0 Å². The largest absolute Gasteiger partial charge is 0.493 e. The van der Waals surface area contributed by atoms with Crippen molar-refractivity contribution in [3.63, 3.8) is 0 Å². The molecule has 0 amide bonds. The predicted octanol–water partition coefficient (Wildman–Crippen LogP) is 3.57. The summed E-state index contributed by atoms with van der Waals surface area (Å²) in [6.45, 7) is 5.03. The fraction of sp³-hybridized carbons (Fsp3) is 0.438. The highest BCUT2D eigenvalue weighted by Gasteiger charge is 2.24.